The van der Waals surface area contributed by atoms with E-state index in [2.05, 4.69) is 14.7 Å². The molecule has 7 nitrogen and oxygen atoms in total. The minimum atomic E-state index is -3.63. The molecule has 0 unspecified atom stereocenters. The topological polar surface area (TPSA) is 90.4 Å². The van der Waals surface area contributed by atoms with E-state index in [9.17, 15) is 8.42 Å². The first-order valence-corrected chi connectivity index (χ1v) is 10.2. The van der Waals surface area contributed by atoms with Crippen LogP contribution in [-0.4, -0.2) is 37.1 Å². The first-order chi connectivity index (χ1) is 12.6. The van der Waals surface area contributed by atoms with Crippen LogP contribution in [0.4, 0.5) is 0 Å². The van der Waals surface area contributed by atoms with Crippen LogP contribution in [0.25, 0.3) is 0 Å². The summed E-state index contributed by atoms with van der Waals surface area (Å²) in [6.45, 7) is 2.24. The maximum absolute atomic E-state index is 12.7. The van der Waals surface area contributed by atoms with Gasteiger partial charge < -0.3 is 9.47 Å². The zero-order chi connectivity index (χ0) is 18.4. The summed E-state index contributed by atoms with van der Waals surface area (Å²) in [5.74, 6) is 0.879. The van der Waals surface area contributed by atoms with Crippen molar-refractivity contribution in [1.82, 2.24) is 14.7 Å². The molecule has 1 heterocycles. The van der Waals surface area contributed by atoms with Crippen molar-refractivity contribution in [3.8, 4) is 11.6 Å². The third-order valence-electron chi connectivity index (χ3n) is 4.26. The average Bonchev–Trinajstić information content (AvgIpc) is 2.65. The van der Waals surface area contributed by atoms with E-state index < -0.39 is 10.0 Å². The lowest BCUT2D eigenvalue weighted by molar-refractivity contribution is 0.138. The number of aromatic nitrogens is 2. The van der Waals surface area contributed by atoms with Crippen LogP contribution < -0.4 is 14.2 Å². The van der Waals surface area contributed by atoms with Crippen LogP contribution in [0.1, 0.15) is 32.6 Å². The highest BCUT2D eigenvalue weighted by Crippen LogP contribution is 2.27. The predicted molar refractivity (Wildman–Crippen MR) is 96.6 cm³/mol. The van der Waals surface area contributed by atoms with Gasteiger partial charge in [-0.2, -0.15) is 0 Å². The molecule has 0 atom stereocenters. The molecule has 0 spiro atoms. The van der Waals surface area contributed by atoms with Crippen molar-refractivity contribution in [3.63, 3.8) is 0 Å². The van der Waals surface area contributed by atoms with Gasteiger partial charge in [0.1, 0.15) is 16.7 Å². The Kier molecular flexibility index (Phi) is 6.05. The quantitative estimate of drug-likeness (QED) is 0.797. The van der Waals surface area contributed by atoms with Gasteiger partial charge in [-0.05, 0) is 44.7 Å². The highest BCUT2D eigenvalue weighted by atomic mass is 32.2. The van der Waals surface area contributed by atoms with Crippen LogP contribution in [0.3, 0.4) is 0 Å². The third kappa shape index (κ3) is 4.70. The Morgan fingerprint density at radius 1 is 1.15 bits per heavy atom. The van der Waals surface area contributed by atoms with Gasteiger partial charge in [-0.25, -0.2) is 18.1 Å². The molecule has 1 aliphatic rings. The summed E-state index contributed by atoms with van der Waals surface area (Å²) in [6.07, 6.45) is 7.74. The van der Waals surface area contributed by atoms with E-state index >= 15 is 0 Å². The molecule has 0 amide bonds. The first-order valence-electron chi connectivity index (χ1n) is 8.75. The Morgan fingerprint density at radius 2 is 1.92 bits per heavy atom. The molecule has 2 aromatic rings. The molecule has 1 aromatic carbocycles. The molecule has 1 N–H and O–H groups in total. The molecule has 0 saturated heterocycles. The van der Waals surface area contributed by atoms with Gasteiger partial charge in [0, 0.05) is 18.4 Å². The number of hydrogen-bond acceptors (Lipinski definition) is 6. The number of para-hydroxylation sites is 1. The molecule has 8 heteroatoms. The molecule has 0 aliphatic heterocycles. The van der Waals surface area contributed by atoms with Gasteiger partial charge >= 0.3 is 0 Å². The highest BCUT2D eigenvalue weighted by Gasteiger charge is 2.28. The summed E-state index contributed by atoms with van der Waals surface area (Å²) >= 11 is 0. The normalized spacial score (nSPS) is 20.5. The molecule has 0 bridgehead atoms. The fraction of sp³-hybridized carbons (Fsp3) is 0.444. The molecule has 1 aliphatic carbocycles. The zero-order valence-corrected chi connectivity index (χ0v) is 15.5. The fourth-order valence-corrected chi connectivity index (χ4v) is 4.50. The smallest absolute Gasteiger partial charge is 0.244 e. The minimum Gasteiger partial charge on any atom is -0.492 e. The summed E-state index contributed by atoms with van der Waals surface area (Å²) in [6, 6.07) is 6.58. The van der Waals surface area contributed by atoms with E-state index in [4.69, 9.17) is 9.47 Å². The van der Waals surface area contributed by atoms with E-state index in [0.29, 0.717) is 31.1 Å². The number of sulfonamides is 1. The number of nitrogens with zero attached hydrogens (tertiary/aromatic N) is 2. The maximum Gasteiger partial charge on any atom is 0.244 e. The van der Waals surface area contributed by atoms with Gasteiger partial charge in [-0.15, -0.1) is 0 Å². The summed E-state index contributed by atoms with van der Waals surface area (Å²) in [4.78, 5) is 8.27. The van der Waals surface area contributed by atoms with Crippen LogP contribution in [0, 0.1) is 0 Å². The Hall–Kier alpha value is -2.19. The molecule has 1 saturated carbocycles. The number of benzene rings is 1. The summed E-state index contributed by atoms with van der Waals surface area (Å²) < 4.78 is 39.5. The molecule has 0 radical (unpaired) electrons. The molecular weight excluding hydrogens is 354 g/mol. The van der Waals surface area contributed by atoms with Gasteiger partial charge in [0.25, 0.3) is 0 Å². The van der Waals surface area contributed by atoms with Crippen LogP contribution >= 0.6 is 0 Å². The van der Waals surface area contributed by atoms with Gasteiger partial charge in [0.2, 0.25) is 15.9 Å². The molecule has 1 fully saturated rings. The van der Waals surface area contributed by atoms with Gasteiger partial charge in [0.15, 0.2) is 0 Å². The van der Waals surface area contributed by atoms with E-state index in [1.807, 2.05) is 6.92 Å². The highest BCUT2D eigenvalue weighted by molar-refractivity contribution is 7.89. The van der Waals surface area contributed by atoms with Crippen LogP contribution in [0.15, 0.2) is 47.8 Å². The SMILES string of the molecule is CCOc1ccccc1S(=O)(=O)NC1CCC(Oc2cnccn2)CC1. The van der Waals surface area contributed by atoms with E-state index in [1.54, 1.807) is 42.9 Å². The van der Waals surface area contributed by atoms with Crippen molar-refractivity contribution in [1.29, 1.82) is 0 Å². The van der Waals surface area contributed by atoms with Gasteiger partial charge in [-0.3, -0.25) is 4.98 Å². The monoisotopic (exact) mass is 377 g/mol. The second kappa shape index (κ2) is 8.46. The van der Waals surface area contributed by atoms with Crippen molar-refractivity contribution in [3.05, 3.63) is 42.9 Å². The van der Waals surface area contributed by atoms with Crippen LogP contribution in [0.2, 0.25) is 0 Å². The summed E-state index contributed by atoms with van der Waals surface area (Å²) in [7, 11) is -3.63. The summed E-state index contributed by atoms with van der Waals surface area (Å²) in [5, 5.41) is 0. The molecule has 26 heavy (non-hydrogen) atoms. The van der Waals surface area contributed by atoms with E-state index in [1.165, 1.54) is 0 Å². The van der Waals surface area contributed by atoms with Crippen molar-refractivity contribution in [2.45, 2.75) is 49.6 Å². The maximum atomic E-state index is 12.7. The Balaban J connectivity index is 1.58. The average molecular weight is 377 g/mol. The number of rotatable bonds is 7. The molecule has 1 aromatic heterocycles. The lowest BCUT2D eigenvalue weighted by Gasteiger charge is -2.29. The van der Waals surface area contributed by atoms with Gasteiger partial charge in [-0.1, -0.05) is 12.1 Å². The number of hydrogen-bond donors (Lipinski definition) is 1. The van der Waals surface area contributed by atoms with E-state index in [0.717, 1.165) is 12.8 Å². The van der Waals surface area contributed by atoms with Crippen LogP contribution in [-0.2, 0) is 10.0 Å². The van der Waals surface area contributed by atoms with Gasteiger partial charge in [0.05, 0.1) is 12.8 Å². The Labute approximate surface area is 153 Å². The Morgan fingerprint density at radius 3 is 2.62 bits per heavy atom. The third-order valence-corrected chi connectivity index (χ3v) is 5.82. The lowest BCUT2D eigenvalue weighted by atomic mass is 9.94. The number of ether oxygens (including phenoxy) is 2. The second-order valence-electron chi connectivity index (χ2n) is 6.14. The van der Waals surface area contributed by atoms with Crippen LogP contribution in [0.5, 0.6) is 11.6 Å². The Bertz CT molecular complexity index is 806. The molecule has 140 valence electrons. The van der Waals surface area contributed by atoms with Crippen molar-refractivity contribution in [2.24, 2.45) is 0 Å². The number of nitrogens with one attached hydrogen (secondary N) is 1. The standard InChI is InChI=1S/C18H23N3O4S/c1-2-24-16-5-3-4-6-17(16)26(22,23)21-14-7-9-15(10-8-14)25-18-13-19-11-12-20-18/h3-6,11-15,21H,2,7-10H2,1H3. The van der Waals surface area contributed by atoms with Crippen molar-refractivity contribution >= 4 is 10.0 Å². The second-order valence-corrected chi connectivity index (χ2v) is 7.82. The van der Waals surface area contributed by atoms with Crippen molar-refractivity contribution in [2.75, 3.05) is 6.61 Å². The van der Waals surface area contributed by atoms with E-state index in [-0.39, 0.29) is 17.0 Å². The minimum absolute atomic E-state index is 0.0307. The van der Waals surface area contributed by atoms with Crippen molar-refractivity contribution < 1.29 is 17.9 Å². The predicted octanol–water partition coefficient (Wildman–Crippen LogP) is 2.54. The zero-order valence-electron chi connectivity index (χ0n) is 14.7. The molecular formula is C18H23N3O4S. The first kappa shape index (κ1) is 18.6. The lowest BCUT2D eigenvalue weighted by Crippen LogP contribution is -2.39. The fourth-order valence-electron chi connectivity index (χ4n) is 3.05. The summed E-state index contributed by atoms with van der Waals surface area (Å²) in [5.41, 5.74) is 0. The largest absolute Gasteiger partial charge is 0.492 e. The molecule has 3 rings (SSSR count).